The summed E-state index contributed by atoms with van der Waals surface area (Å²) in [5.74, 6) is 8.17. The van der Waals surface area contributed by atoms with Gasteiger partial charge in [0.05, 0.1) is 0 Å². The fraction of sp³-hybridized carbons (Fsp3) is 0.786. The first-order valence-corrected chi connectivity index (χ1v) is 13.0. The Bertz CT molecular complexity index is 574. The smallest absolute Gasteiger partial charge is 0.318 e. The van der Waals surface area contributed by atoms with E-state index in [2.05, 4.69) is 30.6 Å². The molecule has 2 N–H and O–H groups in total. The van der Waals surface area contributed by atoms with Gasteiger partial charge >= 0.3 is 11.9 Å². The minimum Gasteiger partial charge on any atom is -0.481 e. The van der Waals surface area contributed by atoms with E-state index in [1.54, 1.807) is 0 Å². The average molecular weight is 447 g/mol. The summed E-state index contributed by atoms with van der Waals surface area (Å²) in [6, 6.07) is 0. The van der Waals surface area contributed by atoms with Crippen LogP contribution in [0.2, 0.25) is 0 Å². The largest absolute Gasteiger partial charge is 0.481 e. The highest BCUT2D eigenvalue weighted by molar-refractivity contribution is 5.93. The summed E-state index contributed by atoms with van der Waals surface area (Å²) in [5, 5.41) is 17.5. The van der Waals surface area contributed by atoms with Crippen molar-refractivity contribution in [3.05, 3.63) is 0 Å². The molecule has 0 amide bonds. The van der Waals surface area contributed by atoms with E-state index in [1.165, 1.54) is 89.9 Å². The first-order valence-electron chi connectivity index (χ1n) is 13.0. The molecule has 0 radical (unpaired) electrons. The zero-order valence-corrected chi connectivity index (χ0v) is 20.4. The lowest BCUT2D eigenvalue weighted by Gasteiger charge is -2.01. The Balaban J connectivity index is 3.35. The summed E-state index contributed by atoms with van der Waals surface area (Å²) in [6.45, 7) is 2.27. The van der Waals surface area contributed by atoms with Gasteiger partial charge in [0.25, 0.3) is 0 Å². The van der Waals surface area contributed by atoms with Gasteiger partial charge in [0.15, 0.2) is 5.92 Å². The lowest BCUT2D eigenvalue weighted by atomic mass is 10.1. The molecular weight excluding hydrogens is 400 g/mol. The highest BCUT2D eigenvalue weighted by atomic mass is 16.4. The topological polar surface area (TPSA) is 74.6 Å². The summed E-state index contributed by atoms with van der Waals surface area (Å²) in [6.07, 6.45) is 23.2. The zero-order valence-electron chi connectivity index (χ0n) is 20.4. The second-order valence-electron chi connectivity index (χ2n) is 8.69. The van der Waals surface area contributed by atoms with Crippen LogP contribution in [-0.2, 0) is 9.59 Å². The van der Waals surface area contributed by atoms with E-state index >= 15 is 0 Å². The molecule has 0 fully saturated rings. The molecular formula is C28H46O4. The van der Waals surface area contributed by atoms with E-state index in [0.29, 0.717) is 6.42 Å². The van der Waals surface area contributed by atoms with Gasteiger partial charge in [-0.15, -0.1) is 23.7 Å². The molecule has 0 aliphatic heterocycles. The van der Waals surface area contributed by atoms with Crippen molar-refractivity contribution in [3.8, 4) is 23.7 Å². The molecule has 4 nitrogen and oxygen atoms in total. The van der Waals surface area contributed by atoms with Gasteiger partial charge in [-0.3, -0.25) is 9.59 Å². The Morgan fingerprint density at radius 3 is 1.19 bits per heavy atom. The van der Waals surface area contributed by atoms with Gasteiger partial charge in [0, 0.05) is 25.7 Å². The molecule has 0 unspecified atom stereocenters. The molecule has 0 spiro atoms. The van der Waals surface area contributed by atoms with Crippen LogP contribution in [0, 0.1) is 29.6 Å². The normalized spacial score (nSPS) is 10.3. The second-order valence-corrected chi connectivity index (χ2v) is 8.69. The van der Waals surface area contributed by atoms with Crippen molar-refractivity contribution < 1.29 is 19.8 Å². The van der Waals surface area contributed by atoms with Crippen molar-refractivity contribution in [1.29, 1.82) is 0 Å². The lowest BCUT2D eigenvalue weighted by molar-refractivity contribution is -0.154. The maximum absolute atomic E-state index is 10.7. The van der Waals surface area contributed by atoms with Crippen LogP contribution in [0.5, 0.6) is 0 Å². The van der Waals surface area contributed by atoms with Crippen LogP contribution < -0.4 is 0 Å². The molecule has 4 heteroatoms. The molecule has 0 bridgehead atoms. The van der Waals surface area contributed by atoms with E-state index in [4.69, 9.17) is 10.2 Å². The Morgan fingerprint density at radius 2 is 0.844 bits per heavy atom. The molecule has 32 heavy (non-hydrogen) atoms. The number of carboxylic acid groups (broad SMARTS) is 2. The second kappa shape index (κ2) is 23.7. The quantitative estimate of drug-likeness (QED) is 0.115. The molecule has 182 valence electrons. The predicted molar refractivity (Wildman–Crippen MR) is 132 cm³/mol. The third kappa shape index (κ3) is 21.3. The van der Waals surface area contributed by atoms with Gasteiger partial charge in [0.2, 0.25) is 0 Å². The van der Waals surface area contributed by atoms with Gasteiger partial charge in [-0.25, -0.2) is 0 Å². The SMILES string of the molecule is CCCCCCCCCCCC#CCCCCCCCCCC#CCC(C(=O)O)C(=O)O. The van der Waals surface area contributed by atoms with Crippen LogP contribution in [-0.4, -0.2) is 22.2 Å². The van der Waals surface area contributed by atoms with Crippen molar-refractivity contribution in [2.45, 2.75) is 135 Å². The minimum atomic E-state index is -1.41. The van der Waals surface area contributed by atoms with E-state index < -0.39 is 17.9 Å². The predicted octanol–water partition coefficient (Wildman–Crippen LogP) is 7.60. The molecule has 0 rings (SSSR count). The molecule has 0 atom stereocenters. The maximum atomic E-state index is 10.7. The fourth-order valence-electron chi connectivity index (χ4n) is 3.55. The molecule has 0 aromatic heterocycles. The number of unbranched alkanes of at least 4 members (excludes halogenated alkanes) is 17. The van der Waals surface area contributed by atoms with Crippen LogP contribution in [0.4, 0.5) is 0 Å². The van der Waals surface area contributed by atoms with Crippen LogP contribution in [0.3, 0.4) is 0 Å². The van der Waals surface area contributed by atoms with Gasteiger partial charge < -0.3 is 10.2 Å². The fourth-order valence-corrected chi connectivity index (χ4v) is 3.55. The summed E-state index contributed by atoms with van der Waals surface area (Å²) < 4.78 is 0. The standard InChI is InChI=1S/C28H46O4/c1-2-3-4-5-6-7-8-9-10-11-12-13-14-15-16-17-18-19-20-21-22-23-24-25-26(27(29)30)28(31)32/h26H,2-11,14-22,25H2,1H3,(H,29,30)(H,31,32). The van der Waals surface area contributed by atoms with Gasteiger partial charge in [-0.1, -0.05) is 90.4 Å². The highest BCUT2D eigenvalue weighted by Crippen LogP contribution is 2.11. The van der Waals surface area contributed by atoms with E-state index in [1.807, 2.05) is 0 Å². The first-order chi connectivity index (χ1) is 15.6. The lowest BCUT2D eigenvalue weighted by Crippen LogP contribution is -2.22. The van der Waals surface area contributed by atoms with Crippen molar-refractivity contribution in [3.63, 3.8) is 0 Å². The van der Waals surface area contributed by atoms with Crippen LogP contribution in [0.25, 0.3) is 0 Å². The molecule has 0 aromatic rings. The number of carboxylic acids is 2. The van der Waals surface area contributed by atoms with Crippen molar-refractivity contribution in [2.24, 2.45) is 5.92 Å². The molecule has 0 saturated heterocycles. The van der Waals surface area contributed by atoms with E-state index in [9.17, 15) is 9.59 Å². The third-order valence-corrected chi connectivity index (χ3v) is 5.66. The summed E-state index contributed by atoms with van der Waals surface area (Å²) >= 11 is 0. The van der Waals surface area contributed by atoms with Gasteiger partial charge in [0.1, 0.15) is 0 Å². The van der Waals surface area contributed by atoms with Crippen molar-refractivity contribution in [1.82, 2.24) is 0 Å². The third-order valence-electron chi connectivity index (χ3n) is 5.66. The summed E-state index contributed by atoms with van der Waals surface area (Å²) in [5.41, 5.74) is 0. The Kier molecular flexibility index (Phi) is 22.3. The van der Waals surface area contributed by atoms with E-state index in [0.717, 1.165) is 25.7 Å². The molecule has 0 heterocycles. The minimum absolute atomic E-state index is 0.118. The van der Waals surface area contributed by atoms with Crippen LogP contribution in [0.1, 0.15) is 135 Å². The van der Waals surface area contributed by atoms with Crippen molar-refractivity contribution >= 4 is 11.9 Å². The van der Waals surface area contributed by atoms with Gasteiger partial charge in [-0.2, -0.15) is 0 Å². The first kappa shape index (κ1) is 30.1. The number of carbonyl (C=O) groups is 2. The molecule has 0 aromatic carbocycles. The van der Waals surface area contributed by atoms with Crippen LogP contribution >= 0.6 is 0 Å². The molecule has 0 aliphatic rings. The van der Waals surface area contributed by atoms with Gasteiger partial charge in [-0.05, 0) is 19.3 Å². The maximum Gasteiger partial charge on any atom is 0.318 e. The number of aliphatic carboxylic acids is 2. The Labute approximate surface area is 197 Å². The Hall–Kier alpha value is -1.94. The Morgan fingerprint density at radius 1 is 0.531 bits per heavy atom. The average Bonchev–Trinajstić information content (AvgIpc) is 2.76. The molecule has 0 saturated carbocycles. The highest BCUT2D eigenvalue weighted by Gasteiger charge is 2.24. The van der Waals surface area contributed by atoms with Crippen molar-refractivity contribution in [2.75, 3.05) is 0 Å². The number of rotatable bonds is 20. The monoisotopic (exact) mass is 446 g/mol. The molecule has 0 aliphatic carbocycles. The summed E-state index contributed by atoms with van der Waals surface area (Å²) in [4.78, 5) is 21.5. The van der Waals surface area contributed by atoms with E-state index in [-0.39, 0.29) is 6.42 Å². The number of hydrogen-bond donors (Lipinski definition) is 2. The zero-order chi connectivity index (χ0) is 23.7. The summed E-state index contributed by atoms with van der Waals surface area (Å²) in [7, 11) is 0. The van der Waals surface area contributed by atoms with Crippen LogP contribution in [0.15, 0.2) is 0 Å². The number of hydrogen-bond acceptors (Lipinski definition) is 2.